The monoisotopic (exact) mass is 390 g/mol. The molecule has 26 heavy (non-hydrogen) atoms. The molecule has 1 aromatic carbocycles. The van der Waals surface area contributed by atoms with Crippen molar-refractivity contribution in [3.8, 4) is 0 Å². The van der Waals surface area contributed by atoms with Crippen LogP contribution in [0.3, 0.4) is 0 Å². The first-order chi connectivity index (χ1) is 12.3. The summed E-state index contributed by atoms with van der Waals surface area (Å²) in [5, 5.41) is 8.94. The topological polar surface area (TPSA) is 89.4 Å². The van der Waals surface area contributed by atoms with E-state index < -0.39 is 0 Å². The summed E-state index contributed by atoms with van der Waals surface area (Å²) in [4.78, 5) is 19.0. The third-order valence-electron chi connectivity index (χ3n) is 4.33. The fourth-order valence-electron chi connectivity index (χ4n) is 2.92. The molecule has 1 unspecified atom stereocenters. The van der Waals surface area contributed by atoms with Crippen LogP contribution in [0.2, 0.25) is 5.02 Å². The summed E-state index contributed by atoms with van der Waals surface area (Å²) < 4.78 is 1.89. The van der Waals surface area contributed by atoms with Gasteiger partial charge in [-0.05, 0) is 38.5 Å². The first kappa shape index (κ1) is 18.5. The molecule has 7 nitrogen and oxygen atoms in total. The van der Waals surface area contributed by atoms with E-state index in [-0.39, 0.29) is 11.9 Å². The van der Waals surface area contributed by atoms with Crippen molar-refractivity contribution in [3.05, 3.63) is 46.0 Å². The summed E-state index contributed by atoms with van der Waals surface area (Å²) in [6.07, 6.45) is 0. The third-order valence-corrected chi connectivity index (χ3v) is 5.01. The molecular formula is C17H19ClN6OS. The summed E-state index contributed by atoms with van der Waals surface area (Å²) in [5.41, 5.74) is 7.08. The van der Waals surface area contributed by atoms with Crippen LogP contribution in [-0.2, 0) is 6.54 Å². The van der Waals surface area contributed by atoms with Crippen LogP contribution in [0.4, 0.5) is 0 Å². The van der Waals surface area contributed by atoms with Crippen molar-refractivity contribution >= 4 is 40.6 Å². The normalized spacial score (nSPS) is 17.2. The Morgan fingerprint density at radius 2 is 2.12 bits per heavy atom. The van der Waals surface area contributed by atoms with Gasteiger partial charge in [-0.15, -0.1) is 10.2 Å². The quantitative estimate of drug-likeness (QED) is 0.483. The molecule has 0 aliphatic carbocycles. The lowest BCUT2D eigenvalue weighted by Gasteiger charge is -2.33. The molecule has 1 amide bonds. The van der Waals surface area contributed by atoms with Gasteiger partial charge < -0.3 is 15.2 Å². The first-order valence-corrected chi connectivity index (χ1v) is 8.93. The molecule has 136 valence electrons. The third kappa shape index (κ3) is 3.34. The highest BCUT2D eigenvalue weighted by Crippen LogP contribution is 2.27. The smallest absolute Gasteiger partial charge is 0.254 e. The zero-order valence-electron chi connectivity index (χ0n) is 14.7. The molecule has 0 saturated carbocycles. The second-order valence-corrected chi connectivity index (χ2v) is 7.02. The van der Waals surface area contributed by atoms with E-state index in [9.17, 15) is 4.79 Å². The second kappa shape index (κ2) is 7.13. The molecule has 0 spiro atoms. The summed E-state index contributed by atoms with van der Waals surface area (Å²) in [6, 6.07) is 5.08. The number of aliphatic imine (C=N–C) groups is 1. The van der Waals surface area contributed by atoms with Gasteiger partial charge in [0.1, 0.15) is 0 Å². The van der Waals surface area contributed by atoms with Gasteiger partial charge >= 0.3 is 0 Å². The molecule has 0 bridgehead atoms. The van der Waals surface area contributed by atoms with Crippen molar-refractivity contribution in [2.75, 3.05) is 6.54 Å². The molecule has 2 heterocycles. The maximum atomic E-state index is 12.9. The van der Waals surface area contributed by atoms with Crippen molar-refractivity contribution in [3.63, 3.8) is 0 Å². The molecule has 0 radical (unpaired) electrons. The number of amidine groups is 1. The van der Waals surface area contributed by atoms with E-state index in [0.717, 1.165) is 5.56 Å². The Balaban J connectivity index is 1.88. The van der Waals surface area contributed by atoms with Crippen LogP contribution in [0.5, 0.6) is 0 Å². The van der Waals surface area contributed by atoms with Gasteiger partial charge in [-0.3, -0.25) is 4.79 Å². The Bertz CT molecular complexity index is 918. The molecule has 1 aliphatic rings. The van der Waals surface area contributed by atoms with Gasteiger partial charge in [-0.2, -0.15) is 0 Å². The highest BCUT2D eigenvalue weighted by molar-refractivity contribution is 7.80. The molecule has 0 saturated heterocycles. The lowest BCUT2D eigenvalue weighted by Crippen LogP contribution is -2.41. The van der Waals surface area contributed by atoms with E-state index in [0.29, 0.717) is 46.1 Å². The molecule has 1 atom stereocenters. The van der Waals surface area contributed by atoms with Gasteiger partial charge in [0, 0.05) is 23.7 Å². The van der Waals surface area contributed by atoms with E-state index in [1.165, 1.54) is 0 Å². The van der Waals surface area contributed by atoms with Crippen molar-refractivity contribution < 1.29 is 4.79 Å². The van der Waals surface area contributed by atoms with Crippen molar-refractivity contribution in [2.24, 2.45) is 10.7 Å². The Morgan fingerprint density at radius 3 is 2.77 bits per heavy atom. The zero-order valence-corrected chi connectivity index (χ0v) is 16.3. The van der Waals surface area contributed by atoms with Gasteiger partial charge in [0.05, 0.1) is 11.9 Å². The predicted molar refractivity (Wildman–Crippen MR) is 105 cm³/mol. The summed E-state index contributed by atoms with van der Waals surface area (Å²) in [6.45, 7) is 6.52. The maximum absolute atomic E-state index is 12.9. The van der Waals surface area contributed by atoms with Gasteiger partial charge in [-0.25, -0.2) is 4.99 Å². The minimum atomic E-state index is -0.247. The number of fused-ring (bicyclic) bond motifs is 1. The number of hydrogen-bond acceptors (Lipinski definition) is 4. The van der Waals surface area contributed by atoms with Crippen LogP contribution in [0.25, 0.3) is 0 Å². The van der Waals surface area contributed by atoms with Crippen molar-refractivity contribution in [1.29, 1.82) is 0 Å². The van der Waals surface area contributed by atoms with Gasteiger partial charge in [0.15, 0.2) is 16.6 Å². The fraction of sp³-hybridized carbons (Fsp3) is 0.353. The Hall–Kier alpha value is -2.32. The lowest BCUT2D eigenvalue weighted by atomic mass is 10.1. The molecule has 2 aromatic rings. The summed E-state index contributed by atoms with van der Waals surface area (Å²) in [5.74, 6) is 1.44. The van der Waals surface area contributed by atoms with Crippen molar-refractivity contribution in [2.45, 2.75) is 33.4 Å². The van der Waals surface area contributed by atoms with E-state index in [1.807, 2.05) is 24.5 Å². The number of halogens is 1. The van der Waals surface area contributed by atoms with Crippen LogP contribution in [-0.4, -0.2) is 42.9 Å². The van der Waals surface area contributed by atoms with Crippen LogP contribution >= 0.6 is 23.8 Å². The fourth-order valence-corrected chi connectivity index (χ4v) is 3.40. The number of hydrogen-bond donors (Lipinski definition) is 1. The SMILES string of the molecule is CC(N)=NC(=S)c1nnc2n1CCN(C(=O)c1ccc(C)c(Cl)c1)C2C. The minimum absolute atomic E-state index is 0.0893. The standard InChI is InChI=1S/C17H19ClN6OS/c1-9-4-5-12(8-13(9)18)17(25)23-6-7-24-14(10(23)2)21-22-15(24)16(26)20-11(3)19/h4-5,8,10H,6-7H2,1-3H3,(H2,19,20,26). The van der Waals surface area contributed by atoms with E-state index in [2.05, 4.69) is 15.2 Å². The molecule has 3 rings (SSSR count). The van der Waals surface area contributed by atoms with E-state index in [1.54, 1.807) is 24.0 Å². The number of nitrogens with zero attached hydrogens (tertiary/aromatic N) is 5. The number of aryl methyl sites for hydroxylation is 1. The van der Waals surface area contributed by atoms with Gasteiger partial charge in [0.25, 0.3) is 5.91 Å². The van der Waals surface area contributed by atoms with E-state index in [4.69, 9.17) is 29.6 Å². The highest BCUT2D eigenvalue weighted by Gasteiger charge is 2.32. The number of rotatable bonds is 2. The molecule has 1 aliphatic heterocycles. The molecular weight excluding hydrogens is 372 g/mol. The molecule has 9 heteroatoms. The predicted octanol–water partition coefficient (Wildman–Crippen LogP) is 2.51. The van der Waals surface area contributed by atoms with Gasteiger partial charge in [0.2, 0.25) is 0 Å². The average Bonchev–Trinajstić information content (AvgIpc) is 3.01. The molecule has 1 aromatic heterocycles. The Labute approximate surface area is 161 Å². The largest absolute Gasteiger partial charge is 0.387 e. The maximum Gasteiger partial charge on any atom is 0.254 e. The van der Waals surface area contributed by atoms with Crippen LogP contribution in [0.1, 0.15) is 47.5 Å². The second-order valence-electron chi connectivity index (χ2n) is 6.23. The lowest BCUT2D eigenvalue weighted by molar-refractivity contribution is 0.0637. The van der Waals surface area contributed by atoms with Crippen molar-refractivity contribution in [1.82, 2.24) is 19.7 Å². The number of thiocarbonyl (C=S) groups is 1. The molecule has 0 fully saturated rings. The van der Waals surface area contributed by atoms with Crippen LogP contribution in [0, 0.1) is 6.92 Å². The average molecular weight is 391 g/mol. The van der Waals surface area contributed by atoms with E-state index >= 15 is 0 Å². The Morgan fingerprint density at radius 1 is 1.38 bits per heavy atom. The highest BCUT2D eigenvalue weighted by atomic mass is 35.5. The summed E-state index contributed by atoms with van der Waals surface area (Å²) in [7, 11) is 0. The number of nitrogens with two attached hydrogens (primary N) is 1. The number of carbonyl (C=O) groups excluding carboxylic acids is 1. The van der Waals surface area contributed by atoms with Crippen LogP contribution < -0.4 is 5.73 Å². The number of benzene rings is 1. The minimum Gasteiger partial charge on any atom is -0.387 e. The summed E-state index contributed by atoms with van der Waals surface area (Å²) >= 11 is 11.4. The molecule has 2 N–H and O–H groups in total. The Kier molecular flexibility index (Phi) is 5.06. The van der Waals surface area contributed by atoms with Crippen LogP contribution in [0.15, 0.2) is 23.2 Å². The number of aromatic nitrogens is 3. The zero-order chi connectivity index (χ0) is 19.0. The number of amides is 1. The van der Waals surface area contributed by atoms with Gasteiger partial charge in [-0.1, -0.05) is 29.9 Å². The number of carbonyl (C=O) groups is 1. The first-order valence-electron chi connectivity index (χ1n) is 8.15.